The third kappa shape index (κ3) is 3.89. The van der Waals surface area contributed by atoms with Gasteiger partial charge in [0.1, 0.15) is 5.54 Å². The number of nitrogens with one attached hydrogen (secondary N) is 2. The lowest BCUT2D eigenvalue weighted by Crippen LogP contribution is -2.44. The van der Waals surface area contributed by atoms with Crippen LogP contribution in [0.5, 0.6) is 0 Å². The Kier molecular flexibility index (Phi) is 6.10. The van der Waals surface area contributed by atoms with Gasteiger partial charge in [0.05, 0.1) is 13.1 Å². The summed E-state index contributed by atoms with van der Waals surface area (Å²) < 4.78 is 0. The normalized spacial score (nSPS) is 24.2. The van der Waals surface area contributed by atoms with Gasteiger partial charge in [0.25, 0.3) is 5.91 Å². The van der Waals surface area contributed by atoms with Crippen LogP contribution in [-0.4, -0.2) is 47.5 Å². The highest BCUT2D eigenvalue weighted by atomic mass is 127. The van der Waals surface area contributed by atoms with E-state index in [4.69, 9.17) is 5.73 Å². The molecule has 1 saturated heterocycles. The van der Waals surface area contributed by atoms with Crippen LogP contribution in [0.25, 0.3) is 0 Å². The molecule has 0 unspecified atom stereocenters. The maximum Gasteiger partial charge on any atom is 0.325 e. The number of aliphatic imine (C=N–C) groups is 1. The molecule has 3 amide bonds. The van der Waals surface area contributed by atoms with Crippen molar-refractivity contribution in [1.29, 1.82) is 0 Å². The molecule has 130 valence electrons. The summed E-state index contributed by atoms with van der Waals surface area (Å²) in [4.78, 5) is 30.0. The van der Waals surface area contributed by atoms with Crippen molar-refractivity contribution in [1.82, 2.24) is 15.5 Å². The van der Waals surface area contributed by atoms with Crippen LogP contribution >= 0.6 is 24.0 Å². The van der Waals surface area contributed by atoms with E-state index in [1.54, 1.807) is 0 Å². The van der Waals surface area contributed by atoms with Crippen LogP contribution in [0, 0.1) is 0 Å². The lowest BCUT2D eigenvalue weighted by Gasteiger charge is -2.19. The number of imide groups is 1. The van der Waals surface area contributed by atoms with E-state index in [-0.39, 0.29) is 35.9 Å². The maximum absolute atomic E-state index is 12.4. The molecule has 8 heteroatoms. The number of nitrogens with two attached hydrogens (primary N) is 1. The second kappa shape index (κ2) is 7.67. The first-order valence-corrected chi connectivity index (χ1v) is 8.31. The van der Waals surface area contributed by atoms with E-state index in [9.17, 15) is 9.59 Å². The van der Waals surface area contributed by atoms with E-state index >= 15 is 0 Å². The van der Waals surface area contributed by atoms with Crippen molar-refractivity contribution in [3.05, 3.63) is 0 Å². The fourth-order valence-corrected chi connectivity index (χ4v) is 3.79. The SMILES string of the molecule is I.NC(=NCCN1C(=O)NC2(CCCC2)C1=O)NC1CCCC1. The molecule has 0 aromatic carbocycles. The molecule has 3 aliphatic rings. The number of nitrogens with zero attached hydrogens (tertiary/aromatic N) is 2. The van der Waals surface area contributed by atoms with Crippen molar-refractivity contribution < 1.29 is 9.59 Å². The van der Waals surface area contributed by atoms with E-state index < -0.39 is 5.54 Å². The maximum atomic E-state index is 12.4. The number of hydrogen-bond acceptors (Lipinski definition) is 3. The molecular formula is C15H26IN5O2. The minimum atomic E-state index is -0.631. The summed E-state index contributed by atoms with van der Waals surface area (Å²) in [6.07, 6.45) is 8.22. The van der Waals surface area contributed by atoms with Gasteiger partial charge in [0, 0.05) is 6.04 Å². The summed E-state index contributed by atoms with van der Waals surface area (Å²) in [7, 11) is 0. The molecule has 2 aliphatic carbocycles. The number of carbonyl (C=O) groups is 2. The molecule has 4 N–H and O–H groups in total. The Morgan fingerprint density at radius 3 is 2.57 bits per heavy atom. The summed E-state index contributed by atoms with van der Waals surface area (Å²) in [5.74, 6) is 0.321. The standard InChI is InChI=1S/C15H25N5O2.HI/c16-13(18-11-5-1-2-6-11)17-9-10-20-12(21)15(19-14(20)22)7-3-4-8-15;/h11H,1-10H2,(H,19,22)(H3,16,17,18);1H. The molecule has 0 bridgehead atoms. The first-order valence-electron chi connectivity index (χ1n) is 8.31. The van der Waals surface area contributed by atoms with Gasteiger partial charge in [-0.15, -0.1) is 24.0 Å². The lowest BCUT2D eigenvalue weighted by molar-refractivity contribution is -0.131. The van der Waals surface area contributed by atoms with Crippen LogP contribution in [-0.2, 0) is 4.79 Å². The van der Waals surface area contributed by atoms with Gasteiger partial charge in [-0.25, -0.2) is 4.79 Å². The van der Waals surface area contributed by atoms with Gasteiger partial charge in [0.15, 0.2) is 5.96 Å². The molecule has 7 nitrogen and oxygen atoms in total. The molecule has 3 rings (SSSR count). The average molecular weight is 435 g/mol. The van der Waals surface area contributed by atoms with Crippen molar-refractivity contribution >= 4 is 41.9 Å². The Morgan fingerprint density at radius 1 is 1.26 bits per heavy atom. The molecule has 0 atom stereocenters. The van der Waals surface area contributed by atoms with Gasteiger partial charge in [0.2, 0.25) is 0 Å². The van der Waals surface area contributed by atoms with Crippen LogP contribution in [0.4, 0.5) is 4.79 Å². The zero-order chi connectivity index (χ0) is 15.6. The minimum absolute atomic E-state index is 0. The van der Waals surface area contributed by atoms with Crippen LogP contribution in [0.2, 0.25) is 0 Å². The number of rotatable bonds is 4. The summed E-state index contributed by atoms with van der Waals surface area (Å²) in [5.41, 5.74) is 5.23. The van der Waals surface area contributed by atoms with Crippen molar-refractivity contribution in [3.8, 4) is 0 Å². The van der Waals surface area contributed by atoms with Crippen molar-refractivity contribution in [3.63, 3.8) is 0 Å². The second-order valence-corrected chi connectivity index (χ2v) is 6.57. The molecule has 2 saturated carbocycles. The van der Waals surface area contributed by atoms with E-state index in [2.05, 4.69) is 15.6 Å². The Bertz CT molecular complexity index is 484. The Hall–Kier alpha value is -1.06. The Morgan fingerprint density at radius 2 is 1.91 bits per heavy atom. The number of amides is 3. The third-order valence-corrected chi connectivity index (χ3v) is 5.02. The van der Waals surface area contributed by atoms with E-state index in [1.165, 1.54) is 17.7 Å². The van der Waals surface area contributed by atoms with Gasteiger partial charge in [-0.05, 0) is 25.7 Å². The van der Waals surface area contributed by atoms with Gasteiger partial charge in [-0.2, -0.15) is 0 Å². The van der Waals surface area contributed by atoms with E-state index in [1.807, 2.05) is 0 Å². The topological polar surface area (TPSA) is 99.8 Å². The Labute approximate surface area is 153 Å². The average Bonchev–Trinajstić information content (AvgIpc) is 3.18. The highest BCUT2D eigenvalue weighted by Crippen LogP contribution is 2.34. The fraction of sp³-hybridized carbons (Fsp3) is 0.800. The highest BCUT2D eigenvalue weighted by molar-refractivity contribution is 14.0. The van der Waals surface area contributed by atoms with Gasteiger partial charge in [-0.3, -0.25) is 14.7 Å². The highest BCUT2D eigenvalue weighted by Gasteiger charge is 2.52. The number of urea groups is 1. The monoisotopic (exact) mass is 435 g/mol. The minimum Gasteiger partial charge on any atom is -0.370 e. The summed E-state index contributed by atoms with van der Waals surface area (Å²) >= 11 is 0. The van der Waals surface area contributed by atoms with E-state index in [0.717, 1.165) is 38.5 Å². The zero-order valence-corrected chi connectivity index (χ0v) is 15.7. The number of hydrogen-bond donors (Lipinski definition) is 3. The predicted molar refractivity (Wildman–Crippen MR) is 98.7 cm³/mol. The molecule has 3 fully saturated rings. The number of halogens is 1. The largest absolute Gasteiger partial charge is 0.370 e. The van der Waals surface area contributed by atoms with E-state index in [0.29, 0.717) is 25.1 Å². The zero-order valence-electron chi connectivity index (χ0n) is 13.3. The van der Waals surface area contributed by atoms with Crippen LogP contribution in [0.1, 0.15) is 51.4 Å². The molecular weight excluding hydrogens is 409 g/mol. The summed E-state index contributed by atoms with van der Waals surface area (Å²) in [5, 5.41) is 6.07. The number of guanidine groups is 1. The molecule has 0 aromatic heterocycles. The van der Waals surface area contributed by atoms with Crippen LogP contribution < -0.4 is 16.4 Å². The molecule has 1 heterocycles. The number of carbonyl (C=O) groups excluding carboxylic acids is 2. The second-order valence-electron chi connectivity index (χ2n) is 6.57. The summed E-state index contributed by atoms with van der Waals surface area (Å²) in [6.45, 7) is 0.639. The molecule has 1 spiro atoms. The smallest absolute Gasteiger partial charge is 0.325 e. The van der Waals surface area contributed by atoms with Crippen LogP contribution in [0.3, 0.4) is 0 Å². The van der Waals surface area contributed by atoms with Gasteiger partial charge in [-0.1, -0.05) is 25.7 Å². The first kappa shape index (κ1) is 18.3. The molecule has 0 radical (unpaired) electrons. The quantitative estimate of drug-likeness (QED) is 0.268. The molecule has 1 aliphatic heterocycles. The van der Waals surface area contributed by atoms with Gasteiger partial charge < -0.3 is 16.4 Å². The summed E-state index contributed by atoms with van der Waals surface area (Å²) in [6, 6.07) is 0.131. The van der Waals surface area contributed by atoms with Gasteiger partial charge >= 0.3 is 6.03 Å². The Balaban J connectivity index is 0.00000192. The fourth-order valence-electron chi connectivity index (χ4n) is 3.79. The molecule has 23 heavy (non-hydrogen) atoms. The molecule has 0 aromatic rings. The first-order chi connectivity index (χ1) is 10.6. The van der Waals surface area contributed by atoms with Crippen molar-refractivity contribution in [2.75, 3.05) is 13.1 Å². The third-order valence-electron chi connectivity index (χ3n) is 5.02. The lowest BCUT2D eigenvalue weighted by atomic mass is 9.98. The van der Waals surface area contributed by atoms with Crippen molar-refractivity contribution in [2.45, 2.75) is 62.9 Å². The predicted octanol–water partition coefficient (Wildman–Crippen LogP) is 1.32. The van der Waals surface area contributed by atoms with Crippen molar-refractivity contribution in [2.24, 2.45) is 10.7 Å². The van der Waals surface area contributed by atoms with Crippen LogP contribution in [0.15, 0.2) is 4.99 Å².